The number of aryl methyl sites for hydroxylation is 1. The molecule has 1 aromatic heterocycles. The quantitative estimate of drug-likeness (QED) is 0.645. The third-order valence-corrected chi connectivity index (χ3v) is 2.30. The number of aromatic nitrogens is 2. The Balaban J connectivity index is 2.04. The molecule has 0 atom stereocenters. The predicted octanol–water partition coefficient (Wildman–Crippen LogP) is 1.94. The first kappa shape index (κ1) is 11.1. The lowest BCUT2D eigenvalue weighted by Gasteiger charge is -2.03. The molecule has 17 heavy (non-hydrogen) atoms. The summed E-state index contributed by atoms with van der Waals surface area (Å²) >= 11 is 0. The molecule has 0 aliphatic rings. The first-order valence-electron chi connectivity index (χ1n) is 5.12. The average Bonchev–Trinajstić information content (AvgIpc) is 2.73. The van der Waals surface area contributed by atoms with Crippen LogP contribution >= 0.6 is 0 Å². The van der Waals surface area contributed by atoms with Crippen LogP contribution in [0.2, 0.25) is 0 Å². The second-order valence-electron chi connectivity index (χ2n) is 3.64. The van der Waals surface area contributed by atoms with Crippen LogP contribution in [0, 0.1) is 10.1 Å². The van der Waals surface area contributed by atoms with Crippen LogP contribution in [-0.2, 0) is 13.6 Å². The summed E-state index contributed by atoms with van der Waals surface area (Å²) < 4.78 is 1.71. The van der Waals surface area contributed by atoms with E-state index in [1.807, 2.05) is 19.3 Å². The van der Waals surface area contributed by atoms with Gasteiger partial charge < -0.3 is 5.32 Å². The zero-order valence-corrected chi connectivity index (χ0v) is 9.33. The van der Waals surface area contributed by atoms with Crippen LogP contribution in [0.1, 0.15) is 5.69 Å². The molecule has 0 radical (unpaired) electrons. The smallest absolute Gasteiger partial charge is 0.271 e. The van der Waals surface area contributed by atoms with Gasteiger partial charge in [-0.15, -0.1) is 0 Å². The Kier molecular flexibility index (Phi) is 3.04. The van der Waals surface area contributed by atoms with Crippen molar-refractivity contribution in [1.29, 1.82) is 0 Å². The first-order valence-corrected chi connectivity index (χ1v) is 5.12. The van der Waals surface area contributed by atoms with E-state index in [1.54, 1.807) is 16.8 Å². The van der Waals surface area contributed by atoms with Gasteiger partial charge in [0.2, 0.25) is 0 Å². The van der Waals surface area contributed by atoms with Gasteiger partial charge in [0.25, 0.3) is 5.69 Å². The van der Waals surface area contributed by atoms with E-state index in [0.29, 0.717) is 12.2 Å². The fraction of sp³-hybridized carbons (Fsp3) is 0.182. The number of hydrogen-bond donors (Lipinski definition) is 1. The van der Waals surface area contributed by atoms with Gasteiger partial charge in [0.05, 0.1) is 17.2 Å². The van der Waals surface area contributed by atoms with Crippen molar-refractivity contribution < 1.29 is 4.92 Å². The van der Waals surface area contributed by atoms with Crippen LogP contribution in [-0.4, -0.2) is 14.7 Å². The van der Waals surface area contributed by atoms with Crippen LogP contribution < -0.4 is 5.32 Å². The highest BCUT2D eigenvalue weighted by Gasteiger charge is 2.05. The lowest BCUT2D eigenvalue weighted by atomic mass is 10.3. The summed E-state index contributed by atoms with van der Waals surface area (Å²) in [6.07, 6.45) is 1.85. The average molecular weight is 232 g/mol. The van der Waals surface area contributed by atoms with Crippen LogP contribution in [0.5, 0.6) is 0 Å². The van der Waals surface area contributed by atoms with Crippen molar-refractivity contribution in [2.45, 2.75) is 6.54 Å². The number of nitro groups is 1. The van der Waals surface area contributed by atoms with Crippen LogP contribution in [0.4, 0.5) is 11.4 Å². The fourth-order valence-corrected chi connectivity index (χ4v) is 1.48. The van der Waals surface area contributed by atoms with Gasteiger partial charge in [-0.1, -0.05) is 6.07 Å². The van der Waals surface area contributed by atoms with Crippen LogP contribution in [0.3, 0.4) is 0 Å². The molecule has 2 rings (SSSR count). The molecule has 0 saturated carbocycles. The van der Waals surface area contributed by atoms with E-state index in [4.69, 9.17) is 0 Å². The summed E-state index contributed by atoms with van der Waals surface area (Å²) in [6, 6.07) is 8.30. The summed E-state index contributed by atoms with van der Waals surface area (Å²) in [7, 11) is 1.84. The minimum atomic E-state index is -0.411. The molecule has 2 aromatic rings. The van der Waals surface area contributed by atoms with Crippen molar-refractivity contribution in [2.24, 2.45) is 7.05 Å². The minimum Gasteiger partial charge on any atom is -0.379 e. The molecule has 0 aliphatic heterocycles. The summed E-state index contributed by atoms with van der Waals surface area (Å²) in [5.41, 5.74) is 1.68. The summed E-state index contributed by atoms with van der Waals surface area (Å²) in [4.78, 5) is 10.2. The van der Waals surface area contributed by atoms with E-state index in [2.05, 4.69) is 10.4 Å². The SMILES string of the molecule is Cn1ccc(CNc2cccc([N+](=O)[O-])c2)n1. The normalized spacial score (nSPS) is 10.2. The third kappa shape index (κ3) is 2.81. The second-order valence-corrected chi connectivity index (χ2v) is 3.64. The van der Waals surface area contributed by atoms with Gasteiger partial charge in [-0.2, -0.15) is 5.10 Å². The fourth-order valence-electron chi connectivity index (χ4n) is 1.48. The molecule has 0 unspecified atom stereocenters. The standard InChI is InChI=1S/C11H12N4O2/c1-14-6-5-10(13-14)8-12-9-3-2-4-11(7-9)15(16)17/h2-7,12H,8H2,1H3. The number of nitrogens with one attached hydrogen (secondary N) is 1. The molecule has 1 aromatic carbocycles. The lowest BCUT2D eigenvalue weighted by molar-refractivity contribution is -0.384. The highest BCUT2D eigenvalue weighted by molar-refractivity contribution is 5.50. The molecule has 0 aliphatic carbocycles. The van der Waals surface area contributed by atoms with Gasteiger partial charge in [-0.05, 0) is 12.1 Å². The molecule has 0 spiro atoms. The monoisotopic (exact) mass is 232 g/mol. The summed E-state index contributed by atoms with van der Waals surface area (Å²) in [5, 5.41) is 17.9. The third-order valence-electron chi connectivity index (χ3n) is 2.30. The highest BCUT2D eigenvalue weighted by atomic mass is 16.6. The Hall–Kier alpha value is -2.37. The predicted molar refractivity (Wildman–Crippen MR) is 63.6 cm³/mol. The maximum Gasteiger partial charge on any atom is 0.271 e. The largest absolute Gasteiger partial charge is 0.379 e. The van der Waals surface area contributed by atoms with Crippen molar-refractivity contribution >= 4 is 11.4 Å². The first-order chi connectivity index (χ1) is 8.15. The Bertz CT molecular complexity index is 536. The van der Waals surface area contributed by atoms with Gasteiger partial charge in [0.1, 0.15) is 0 Å². The number of hydrogen-bond acceptors (Lipinski definition) is 4. The number of nitro benzene ring substituents is 1. The van der Waals surface area contributed by atoms with Crippen LogP contribution in [0.25, 0.3) is 0 Å². The second kappa shape index (κ2) is 4.65. The maximum absolute atomic E-state index is 10.6. The Morgan fingerprint density at radius 3 is 2.94 bits per heavy atom. The summed E-state index contributed by atoms with van der Waals surface area (Å²) in [6.45, 7) is 0.544. The highest BCUT2D eigenvalue weighted by Crippen LogP contribution is 2.17. The lowest BCUT2D eigenvalue weighted by Crippen LogP contribution is -2.01. The zero-order valence-electron chi connectivity index (χ0n) is 9.33. The molecule has 6 heteroatoms. The molecule has 1 heterocycles. The van der Waals surface area contributed by atoms with E-state index in [-0.39, 0.29) is 5.69 Å². The molecule has 1 N–H and O–H groups in total. The van der Waals surface area contributed by atoms with E-state index in [0.717, 1.165) is 5.69 Å². The number of rotatable bonds is 4. The van der Waals surface area contributed by atoms with Gasteiger partial charge in [0.15, 0.2) is 0 Å². The Morgan fingerprint density at radius 1 is 1.47 bits per heavy atom. The maximum atomic E-state index is 10.6. The van der Waals surface area contributed by atoms with E-state index >= 15 is 0 Å². The van der Waals surface area contributed by atoms with E-state index < -0.39 is 4.92 Å². The van der Waals surface area contributed by atoms with Gasteiger partial charge in [-0.3, -0.25) is 14.8 Å². The van der Waals surface area contributed by atoms with Gasteiger partial charge >= 0.3 is 0 Å². The van der Waals surface area contributed by atoms with Crippen LogP contribution in [0.15, 0.2) is 36.5 Å². The van der Waals surface area contributed by atoms with Crippen molar-refractivity contribution in [2.75, 3.05) is 5.32 Å². The number of anilines is 1. The summed E-state index contributed by atoms with van der Waals surface area (Å²) in [5.74, 6) is 0. The zero-order chi connectivity index (χ0) is 12.3. The topological polar surface area (TPSA) is 73.0 Å². The number of nitrogens with zero attached hydrogens (tertiary/aromatic N) is 3. The van der Waals surface area contributed by atoms with Crippen molar-refractivity contribution in [1.82, 2.24) is 9.78 Å². The molecule has 0 fully saturated rings. The molecular formula is C11H12N4O2. The molecule has 0 saturated heterocycles. The Morgan fingerprint density at radius 2 is 2.29 bits per heavy atom. The number of non-ortho nitro benzene ring substituents is 1. The minimum absolute atomic E-state index is 0.0796. The van der Waals surface area contributed by atoms with Crippen molar-refractivity contribution in [3.05, 3.63) is 52.3 Å². The molecule has 88 valence electrons. The van der Waals surface area contributed by atoms with Gasteiger partial charge in [-0.25, -0.2) is 0 Å². The van der Waals surface area contributed by atoms with Crippen molar-refractivity contribution in [3.63, 3.8) is 0 Å². The van der Waals surface area contributed by atoms with E-state index in [9.17, 15) is 10.1 Å². The van der Waals surface area contributed by atoms with Crippen molar-refractivity contribution in [3.8, 4) is 0 Å². The number of benzene rings is 1. The van der Waals surface area contributed by atoms with E-state index in [1.165, 1.54) is 12.1 Å². The molecular weight excluding hydrogens is 220 g/mol. The Labute approximate surface area is 98.0 Å². The van der Waals surface area contributed by atoms with Gasteiger partial charge in [0, 0.05) is 31.1 Å². The molecule has 6 nitrogen and oxygen atoms in total. The molecule has 0 bridgehead atoms. The molecule has 0 amide bonds.